The van der Waals surface area contributed by atoms with E-state index < -0.39 is 10.0 Å². The average Bonchev–Trinajstić information content (AvgIpc) is 3.05. The molecule has 0 spiro atoms. The van der Waals surface area contributed by atoms with Crippen LogP contribution in [0.15, 0.2) is 53.4 Å². The van der Waals surface area contributed by atoms with Crippen molar-refractivity contribution in [2.45, 2.75) is 44.0 Å². The number of rotatable bonds is 5. The van der Waals surface area contributed by atoms with E-state index in [4.69, 9.17) is 0 Å². The third-order valence-electron chi connectivity index (χ3n) is 6.49. The fourth-order valence-corrected chi connectivity index (χ4v) is 6.38. The summed E-state index contributed by atoms with van der Waals surface area (Å²) in [4.78, 5) is 17.8. The maximum Gasteiger partial charge on any atom is 0.253 e. The zero-order valence-electron chi connectivity index (χ0n) is 18.9. The van der Waals surface area contributed by atoms with Crippen LogP contribution in [0.25, 0.3) is 0 Å². The lowest BCUT2D eigenvalue weighted by Crippen LogP contribution is -2.37. The van der Waals surface area contributed by atoms with Crippen LogP contribution in [-0.2, 0) is 16.6 Å². The van der Waals surface area contributed by atoms with Crippen LogP contribution in [0.4, 0.5) is 0 Å². The lowest BCUT2D eigenvalue weighted by Gasteiger charge is -2.27. The van der Waals surface area contributed by atoms with Crippen molar-refractivity contribution in [3.05, 3.63) is 65.2 Å². The molecule has 0 aromatic heterocycles. The molecule has 0 N–H and O–H groups in total. The van der Waals surface area contributed by atoms with Gasteiger partial charge < -0.3 is 4.90 Å². The van der Waals surface area contributed by atoms with Gasteiger partial charge in [0.15, 0.2) is 0 Å². The van der Waals surface area contributed by atoms with E-state index in [2.05, 4.69) is 29.2 Å². The summed E-state index contributed by atoms with van der Waals surface area (Å²) in [6.45, 7) is 6.89. The average molecular weight is 456 g/mol. The number of aryl methyl sites for hydroxylation is 1. The van der Waals surface area contributed by atoms with E-state index in [1.807, 2.05) is 11.0 Å². The molecule has 0 aliphatic carbocycles. The molecule has 2 fully saturated rings. The molecule has 6 nitrogen and oxygen atoms in total. The van der Waals surface area contributed by atoms with Crippen molar-refractivity contribution >= 4 is 15.9 Å². The normalized spacial score (nSPS) is 19.0. The van der Waals surface area contributed by atoms with Crippen LogP contribution >= 0.6 is 0 Å². The van der Waals surface area contributed by atoms with Gasteiger partial charge in [0, 0.05) is 51.4 Å². The number of carbonyl (C=O) groups excluding carboxylic acids is 1. The molecule has 2 saturated heterocycles. The highest BCUT2D eigenvalue weighted by atomic mass is 32.2. The van der Waals surface area contributed by atoms with E-state index in [0.29, 0.717) is 37.3 Å². The smallest absolute Gasteiger partial charge is 0.253 e. The molecule has 2 aromatic rings. The molecule has 0 unspecified atom stereocenters. The summed E-state index contributed by atoms with van der Waals surface area (Å²) < 4.78 is 28.0. The Bertz CT molecular complexity index is 1030. The number of carbonyl (C=O) groups is 1. The van der Waals surface area contributed by atoms with Crippen LogP contribution in [0, 0.1) is 6.92 Å². The summed E-state index contributed by atoms with van der Waals surface area (Å²) in [6, 6.07) is 15.5. The van der Waals surface area contributed by atoms with Crippen molar-refractivity contribution in [2.24, 2.45) is 0 Å². The molecular formula is C25H33N3O3S. The molecule has 0 atom stereocenters. The van der Waals surface area contributed by atoms with E-state index in [1.165, 1.54) is 5.56 Å². The number of amides is 1. The van der Waals surface area contributed by atoms with Crippen LogP contribution in [0.5, 0.6) is 0 Å². The van der Waals surface area contributed by atoms with Gasteiger partial charge in [0.2, 0.25) is 10.0 Å². The summed E-state index contributed by atoms with van der Waals surface area (Å²) in [7, 11) is -3.58. The van der Waals surface area contributed by atoms with Gasteiger partial charge >= 0.3 is 0 Å². The lowest BCUT2D eigenvalue weighted by molar-refractivity contribution is 0.0761. The predicted molar refractivity (Wildman–Crippen MR) is 126 cm³/mol. The number of benzene rings is 2. The van der Waals surface area contributed by atoms with Crippen molar-refractivity contribution in [3.63, 3.8) is 0 Å². The maximum atomic E-state index is 13.3. The molecule has 4 rings (SSSR count). The van der Waals surface area contributed by atoms with Crippen LogP contribution in [-0.4, -0.2) is 67.7 Å². The molecule has 172 valence electrons. The van der Waals surface area contributed by atoms with E-state index in [9.17, 15) is 13.2 Å². The van der Waals surface area contributed by atoms with Gasteiger partial charge in [-0.25, -0.2) is 8.42 Å². The van der Waals surface area contributed by atoms with E-state index >= 15 is 0 Å². The summed E-state index contributed by atoms with van der Waals surface area (Å²) in [6.07, 6.45) is 3.76. The van der Waals surface area contributed by atoms with Gasteiger partial charge in [-0.2, -0.15) is 4.31 Å². The Morgan fingerprint density at radius 3 is 2.34 bits per heavy atom. The predicted octanol–water partition coefficient (Wildman–Crippen LogP) is 3.52. The van der Waals surface area contributed by atoms with Gasteiger partial charge in [0.25, 0.3) is 5.91 Å². The number of hydrogen-bond acceptors (Lipinski definition) is 4. The first kappa shape index (κ1) is 23.0. The van der Waals surface area contributed by atoms with E-state index in [0.717, 1.165) is 45.3 Å². The molecule has 0 bridgehead atoms. The van der Waals surface area contributed by atoms with E-state index in [-0.39, 0.29) is 10.8 Å². The minimum atomic E-state index is -3.58. The minimum Gasteiger partial charge on any atom is -0.337 e. The molecule has 2 heterocycles. The first-order chi connectivity index (χ1) is 15.4. The first-order valence-corrected chi connectivity index (χ1v) is 13.1. The Labute approximate surface area is 191 Å². The standard InChI is InChI=1S/C25H33N3O3S/c1-21-11-12-23(19-24(21)32(30,31)28-15-6-3-7-16-28)25(29)27-14-8-13-26(17-18-27)20-22-9-4-2-5-10-22/h2,4-5,9-12,19H,3,6-8,13-18,20H2,1H3. The molecule has 0 saturated carbocycles. The van der Waals surface area contributed by atoms with Crippen molar-refractivity contribution in [2.75, 3.05) is 39.3 Å². The zero-order chi connectivity index (χ0) is 22.6. The molecular weight excluding hydrogens is 422 g/mol. The lowest BCUT2D eigenvalue weighted by atomic mass is 10.1. The SMILES string of the molecule is Cc1ccc(C(=O)N2CCCN(Cc3ccccc3)CC2)cc1S(=O)(=O)N1CCCCC1. The Morgan fingerprint density at radius 1 is 0.844 bits per heavy atom. The minimum absolute atomic E-state index is 0.0818. The second-order valence-corrected chi connectivity index (χ2v) is 10.8. The summed E-state index contributed by atoms with van der Waals surface area (Å²) in [5.41, 5.74) is 2.43. The first-order valence-electron chi connectivity index (χ1n) is 11.6. The fourth-order valence-electron chi connectivity index (χ4n) is 4.61. The van der Waals surface area contributed by atoms with Gasteiger partial charge in [0.1, 0.15) is 0 Å². The number of sulfonamides is 1. The second kappa shape index (κ2) is 10.1. The van der Waals surface area contributed by atoms with E-state index in [1.54, 1.807) is 29.4 Å². The molecule has 2 aliphatic rings. The largest absolute Gasteiger partial charge is 0.337 e. The number of piperidine rings is 1. The van der Waals surface area contributed by atoms with Gasteiger partial charge in [-0.1, -0.05) is 42.8 Å². The summed E-state index contributed by atoms with van der Waals surface area (Å²) in [5.74, 6) is -0.0818. The number of nitrogens with zero attached hydrogens (tertiary/aromatic N) is 3. The van der Waals surface area contributed by atoms with Crippen molar-refractivity contribution < 1.29 is 13.2 Å². The van der Waals surface area contributed by atoms with Crippen molar-refractivity contribution in [1.82, 2.24) is 14.1 Å². The Balaban J connectivity index is 1.47. The highest BCUT2D eigenvalue weighted by Crippen LogP contribution is 2.25. The van der Waals surface area contributed by atoms with Crippen molar-refractivity contribution in [1.29, 1.82) is 0 Å². The molecule has 2 aromatic carbocycles. The van der Waals surface area contributed by atoms with Crippen LogP contribution < -0.4 is 0 Å². The van der Waals surface area contributed by atoms with Gasteiger partial charge in [-0.05, 0) is 49.4 Å². The fraction of sp³-hybridized carbons (Fsp3) is 0.480. The highest BCUT2D eigenvalue weighted by molar-refractivity contribution is 7.89. The monoisotopic (exact) mass is 455 g/mol. The molecule has 32 heavy (non-hydrogen) atoms. The van der Waals surface area contributed by atoms with Crippen LogP contribution in [0.1, 0.15) is 47.2 Å². The quantitative estimate of drug-likeness (QED) is 0.692. The van der Waals surface area contributed by atoms with Gasteiger partial charge in [-0.15, -0.1) is 0 Å². The second-order valence-electron chi connectivity index (χ2n) is 8.85. The topological polar surface area (TPSA) is 60.9 Å². The Morgan fingerprint density at radius 2 is 1.59 bits per heavy atom. The van der Waals surface area contributed by atoms with Gasteiger partial charge in [-0.3, -0.25) is 9.69 Å². The maximum absolute atomic E-state index is 13.3. The summed E-state index contributed by atoms with van der Waals surface area (Å²) >= 11 is 0. The Kier molecular flexibility index (Phi) is 7.28. The Hall–Kier alpha value is -2.22. The third kappa shape index (κ3) is 5.22. The molecule has 0 radical (unpaired) electrons. The van der Waals surface area contributed by atoms with Crippen LogP contribution in [0.3, 0.4) is 0 Å². The van der Waals surface area contributed by atoms with Gasteiger partial charge in [0.05, 0.1) is 4.90 Å². The highest BCUT2D eigenvalue weighted by Gasteiger charge is 2.29. The zero-order valence-corrected chi connectivity index (χ0v) is 19.7. The molecule has 1 amide bonds. The van der Waals surface area contributed by atoms with Crippen molar-refractivity contribution in [3.8, 4) is 0 Å². The number of hydrogen-bond donors (Lipinski definition) is 0. The third-order valence-corrected chi connectivity index (χ3v) is 8.53. The molecule has 7 heteroatoms. The molecule has 2 aliphatic heterocycles. The summed E-state index contributed by atoms with van der Waals surface area (Å²) in [5, 5.41) is 0. The van der Waals surface area contributed by atoms with Crippen LogP contribution in [0.2, 0.25) is 0 Å².